The maximum Gasteiger partial charge on any atom is 0.322 e. The van der Waals surface area contributed by atoms with Crippen molar-refractivity contribution in [2.45, 2.75) is 33.2 Å². The normalized spacial score (nSPS) is 10.8. The topological polar surface area (TPSA) is 52.7 Å². The molecule has 1 aromatic rings. The molecule has 0 aliphatic heterocycles. The molecule has 0 unspecified atom stereocenters. The highest BCUT2D eigenvalue weighted by Crippen LogP contribution is 2.21. The first kappa shape index (κ1) is 17.8. The number of nitrogens with one attached hydrogen (secondary N) is 1. The third-order valence-electron chi connectivity index (χ3n) is 3.41. The minimum Gasteiger partial charge on any atom is -0.323 e. The lowest BCUT2D eigenvalue weighted by atomic mass is 10.1. The van der Waals surface area contributed by atoms with Crippen LogP contribution in [0.4, 0.5) is 16.2 Å². The molecule has 0 aliphatic rings. The minimum absolute atomic E-state index is 0.0739. The number of rotatable bonds is 4. The van der Waals surface area contributed by atoms with Gasteiger partial charge in [0.15, 0.2) is 0 Å². The molecule has 5 heteroatoms. The van der Waals surface area contributed by atoms with Crippen molar-refractivity contribution in [1.82, 2.24) is 4.90 Å². The van der Waals surface area contributed by atoms with Gasteiger partial charge in [0, 0.05) is 37.4 Å². The van der Waals surface area contributed by atoms with Crippen LogP contribution in [0.3, 0.4) is 0 Å². The lowest BCUT2D eigenvalue weighted by molar-refractivity contribution is -0.116. The van der Waals surface area contributed by atoms with Gasteiger partial charge in [-0.1, -0.05) is 12.1 Å². The van der Waals surface area contributed by atoms with Crippen molar-refractivity contribution in [3.05, 3.63) is 36.9 Å². The van der Waals surface area contributed by atoms with Crippen LogP contribution in [0.15, 0.2) is 36.9 Å². The Morgan fingerprint density at radius 1 is 1.32 bits per heavy atom. The van der Waals surface area contributed by atoms with E-state index in [1.807, 2.05) is 26.8 Å². The maximum atomic E-state index is 12.2. The molecule has 0 bridgehead atoms. The Bertz CT molecular complexity index is 561. The maximum absolute atomic E-state index is 12.2. The zero-order chi connectivity index (χ0) is 16.9. The molecule has 3 amide bonds. The molecule has 120 valence electrons. The van der Waals surface area contributed by atoms with Crippen LogP contribution < -0.4 is 10.2 Å². The molecule has 5 nitrogen and oxygen atoms in total. The molecule has 1 aromatic carbocycles. The van der Waals surface area contributed by atoms with E-state index in [2.05, 4.69) is 11.9 Å². The zero-order valence-electron chi connectivity index (χ0n) is 14.0. The Kier molecular flexibility index (Phi) is 5.74. The quantitative estimate of drug-likeness (QED) is 0.866. The van der Waals surface area contributed by atoms with Crippen LogP contribution in [-0.2, 0) is 4.79 Å². The lowest BCUT2D eigenvalue weighted by Gasteiger charge is -2.32. The first-order valence-corrected chi connectivity index (χ1v) is 7.20. The molecule has 0 aliphatic carbocycles. The molecule has 0 atom stereocenters. The van der Waals surface area contributed by atoms with Crippen molar-refractivity contribution in [3.63, 3.8) is 0 Å². The first-order valence-electron chi connectivity index (χ1n) is 7.20. The fourth-order valence-corrected chi connectivity index (χ4v) is 1.81. The van der Waals surface area contributed by atoms with Crippen LogP contribution in [0.5, 0.6) is 0 Å². The molecular formula is C17H25N3O2. The Hall–Kier alpha value is -2.30. The minimum atomic E-state index is -0.268. The van der Waals surface area contributed by atoms with Gasteiger partial charge in [0.2, 0.25) is 5.91 Å². The van der Waals surface area contributed by atoms with Gasteiger partial charge in [0.05, 0.1) is 0 Å². The smallest absolute Gasteiger partial charge is 0.322 e. The average Bonchev–Trinajstić information content (AvgIpc) is 2.42. The molecule has 1 N–H and O–H groups in total. The monoisotopic (exact) mass is 303 g/mol. The van der Waals surface area contributed by atoms with Gasteiger partial charge in [-0.15, -0.1) is 6.58 Å². The van der Waals surface area contributed by atoms with Gasteiger partial charge >= 0.3 is 6.03 Å². The largest absolute Gasteiger partial charge is 0.323 e. The Balaban J connectivity index is 2.95. The number of carbonyl (C=O) groups is 2. The van der Waals surface area contributed by atoms with E-state index < -0.39 is 0 Å². The SMILES string of the molecule is C=CCN(C(C)=O)c1cccc(NC(=O)N(C)C(C)(C)C)c1. The summed E-state index contributed by atoms with van der Waals surface area (Å²) < 4.78 is 0. The summed E-state index contributed by atoms with van der Waals surface area (Å²) >= 11 is 0. The van der Waals surface area contributed by atoms with E-state index >= 15 is 0 Å². The van der Waals surface area contributed by atoms with Crippen molar-refractivity contribution in [2.75, 3.05) is 23.8 Å². The van der Waals surface area contributed by atoms with Crippen molar-refractivity contribution in [3.8, 4) is 0 Å². The van der Waals surface area contributed by atoms with E-state index in [0.717, 1.165) is 5.69 Å². The van der Waals surface area contributed by atoms with Crippen LogP contribution in [0.2, 0.25) is 0 Å². The first-order chi connectivity index (χ1) is 10.2. The highest BCUT2D eigenvalue weighted by Gasteiger charge is 2.22. The second kappa shape index (κ2) is 7.11. The average molecular weight is 303 g/mol. The van der Waals surface area contributed by atoms with Crippen molar-refractivity contribution in [1.29, 1.82) is 0 Å². The van der Waals surface area contributed by atoms with Gasteiger partial charge in [-0.2, -0.15) is 0 Å². The molecular weight excluding hydrogens is 278 g/mol. The highest BCUT2D eigenvalue weighted by molar-refractivity contribution is 5.94. The number of hydrogen-bond acceptors (Lipinski definition) is 2. The zero-order valence-corrected chi connectivity index (χ0v) is 14.0. The number of benzene rings is 1. The molecule has 0 fully saturated rings. The number of urea groups is 1. The van der Waals surface area contributed by atoms with Gasteiger partial charge in [-0.25, -0.2) is 4.79 Å². The van der Waals surface area contributed by atoms with Gasteiger partial charge in [-0.3, -0.25) is 4.79 Å². The van der Waals surface area contributed by atoms with E-state index in [1.54, 1.807) is 41.1 Å². The Labute approximate surface area is 132 Å². The van der Waals surface area contributed by atoms with E-state index in [0.29, 0.717) is 12.2 Å². The summed E-state index contributed by atoms with van der Waals surface area (Å²) in [7, 11) is 1.75. The fourth-order valence-electron chi connectivity index (χ4n) is 1.81. The molecule has 0 saturated carbocycles. The third kappa shape index (κ3) is 4.62. The number of hydrogen-bond donors (Lipinski definition) is 1. The van der Waals surface area contributed by atoms with Crippen molar-refractivity contribution < 1.29 is 9.59 Å². The summed E-state index contributed by atoms with van der Waals surface area (Å²) in [5.41, 5.74) is 1.10. The van der Waals surface area contributed by atoms with Crippen LogP contribution in [0.25, 0.3) is 0 Å². The summed E-state index contributed by atoms with van der Waals surface area (Å²) in [4.78, 5) is 27.1. The predicted molar refractivity (Wildman–Crippen MR) is 91.2 cm³/mol. The summed E-state index contributed by atoms with van der Waals surface area (Å²) in [6.45, 7) is 11.5. The number of nitrogens with zero attached hydrogens (tertiary/aromatic N) is 2. The van der Waals surface area contributed by atoms with Crippen LogP contribution in [0.1, 0.15) is 27.7 Å². The summed E-state index contributed by atoms with van der Waals surface area (Å²) in [5, 5.41) is 2.85. The van der Waals surface area contributed by atoms with E-state index in [4.69, 9.17) is 0 Å². The van der Waals surface area contributed by atoms with Gasteiger partial charge in [-0.05, 0) is 39.0 Å². The molecule has 0 radical (unpaired) electrons. The highest BCUT2D eigenvalue weighted by atomic mass is 16.2. The summed E-state index contributed by atoms with van der Waals surface area (Å²) in [6, 6.07) is 7.01. The number of amides is 3. The Morgan fingerprint density at radius 3 is 2.45 bits per heavy atom. The summed E-state index contributed by atoms with van der Waals surface area (Å²) in [5.74, 6) is -0.0739. The molecule has 0 aromatic heterocycles. The second-order valence-corrected chi connectivity index (χ2v) is 6.13. The van der Waals surface area contributed by atoms with E-state index in [9.17, 15) is 9.59 Å². The van der Waals surface area contributed by atoms with E-state index in [-0.39, 0.29) is 17.5 Å². The number of anilines is 2. The molecule has 0 saturated heterocycles. The fraction of sp³-hybridized carbons (Fsp3) is 0.412. The van der Waals surface area contributed by atoms with Crippen LogP contribution in [-0.4, -0.2) is 36.0 Å². The molecule has 1 rings (SSSR count). The molecule has 22 heavy (non-hydrogen) atoms. The van der Waals surface area contributed by atoms with Crippen LogP contribution >= 0.6 is 0 Å². The summed E-state index contributed by atoms with van der Waals surface area (Å²) in [6.07, 6.45) is 1.67. The Morgan fingerprint density at radius 2 is 1.95 bits per heavy atom. The standard InChI is InChI=1S/C17H25N3O2/c1-7-11-20(13(2)21)15-10-8-9-14(12-15)18-16(22)19(6)17(3,4)5/h7-10,12H,1,11H2,2-6H3,(H,18,22). The van der Waals surface area contributed by atoms with Gasteiger partial charge < -0.3 is 15.1 Å². The van der Waals surface area contributed by atoms with Gasteiger partial charge in [0.1, 0.15) is 0 Å². The lowest BCUT2D eigenvalue weighted by Crippen LogP contribution is -2.44. The third-order valence-corrected chi connectivity index (χ3v) is 3.41. The molecule has 0 spiro atoms. The van der Waals surface area contributed by atoms with Crippen LogP contribution in [0, 0.1) is 0 Å². The van der Waals surface area contributed by atoms with Crippen molar-refractivity contribution in [2.24, 2.45) is 0 Å². The van der Waals surface area contributed by atoms with Crippen molar-refractivity contribution >= 4 is 23.3 Å². The van der Waals surface area contributed by atoms with Gasteiger partial charge in [0.25, 0.3) is 0 Å². The predicted octanol–water partition coefficient (Wildman–Crippen LogP) is 3.49. The van der Waals surface area contributed by atoms with E-state index in [1.165, 1.54) is 6.92 Å². The number of carbonyl (C=O) groups excluding carboxylic acids is 2. The molecule has 0 heterocycles. The second-order valence-electron chi connectivity index (χ2n) is 6.13.